The number of hydrogen-bond donors (Lipinski definition) is 4. The number of aryl methyl sites for hydroxylation is 1. The molecule has 4 rings (SSSR count). The number of carbonyl (C=O) groups is 4. The highest BCUT2D eigenvalue weighted by Gasteiger charge is 2.54. The van der Waals surface area contributed by atoms with Crippen molar-refractivity contribution < 1.29 is 34.2 Å². The fourth-order valence-electron chi connectivity index (χ4n) is 3.43. The molecule has 2 atom stereocenters. The van der Waals surface area contributed by atoms with E-state index in [4.69, 9.17) is 15.7 Å². The van der Waals surface area contributed by atoms with Gasteiger partial charge in [0, 0.05) is 23.9 Å². The lowest BCUT2D eigenvalue weighted by atomic mass is 10.0. The fraction of sp³-hybridized carbons (Fsp3) is 0.333. The van der Waals surface area contributed by atoms with Crippen molar-refractivity contribution in [2.75, 3.05) is 24.3 Å². The van der Waals surface area contributed by atoms with Crippen LogP contribution in [0, 0.1) is 0 Å². The highest BCUT2D eigenvalue weighted by atomic mass is 32.2. The Kier molecular flexibility index (Phi) is 7.18. The second-order valence-corrected chi connectivity index (χ2v) is 10.2. The largest absolute Gasteiger partial charge is 0.477 e. The SMILES string of the molecule is CON=C(C(=O)N[C@@H]1C(=O)N2C(C(=O)O)=C(CSc3nc(C(=O)O)nn3C)CS[C@H]12)c1csc(N)n1. The number of nitrogens with zero attached hydrogens (tertiary/aromatic N) is 6. The van der Waals surface area contributed by atoms with E-state index < -0.39 is 35.2 Å². The van der Waals surface area contributed by atoms with Gasteiger partial charge in [-0.3, -0.25) is 14.5 Å². The monoisotopic (exact) mass is 554 g/mol. The number of oxime groups is 1. The number of carbonyl (C=O) groups excluding carboxylic acids is 2. The van der Waals surface area contributed by atoms with Gasteiger partial charge in [-0.1, -0.05) is 16.9 Å². The van der Waals surface area contributed by atoms with Crippen LogP contribution in [0.1, 0.15) is 16.3 Å². The number of aliphatic carboxylic acids is 1. The number of thioether (sulfide) groups is 2. The van der Waals surface area contributed by atoms with Gasteiger partial charge in [0.2, 0.25) is 0 Å². The number of thiazole rings is 1. The number of β-lactam (4-membered cyclic amide) rings is 1. The minimum atomic E-state index is -1.29. The number of nitrogens with two attached hydrogens (primary N) is 1. The smallest absolute Gasteiger partial charge is 0.375 e. The van der Waals surface area contributed by atoms with Crippen LogP contribution in [0.3, 0.4) is 0 Å². The molecule has 1 saturated heterocycles. The van der Waals surface area contributed by atoms with Gasteiger partial charge in [-0.15, -0.1) is 28.2 Å². The van der Waals surface area contributed by atoms with Crippen LogP contribution in [0.15, 0.2) is 27.0 Å². The molecule has 2 aromatic rings. The first-order valence-corrected chi connectivity index (χ1v) is 12.8. The van der Waals surface area contributed by atoms with Crippen LogP contribution in [-0.2, 0) is 26.3 Å². The molecule has 0 aromatic carbocycles. The van der Waals surface area contributed by atoms with E-state index >= 15 is 0 Å². The predicted octanol–water partition coefficient (Wildman–Crippen LogP) is -0.567. The van der Waals surface area contributed by atoms with E-state index in [1.807, 2.05) is 0 Å². The maximum atomic E-state index is 12.9. The zero-order chi connectivity index (χ0) is 26.1. The van der Waals surface area contributed by atoms with Gasteiger partial charge in [0.15, 0.2) is 16.0 Å². The molecule has 15 nitrogen and oxygen atoms in total. The third-order valence-corrected chi connectivity index (χ3v) is 8.11. The zero-order valence-electron chi connectivity index (χ0n) is 18.6. The van der Waals surface area contributed by atoms with E-state index in [0.29, 0.717) is 5.57 Å². The number of rotatable bonds is 9. The lowest BCUT2D eigenvalue weighted by Crippen LogP contribution is -2.71. The Hall–Kier alpha value is -3.64. The highest BCUT2D eigenvalue weighted by Crippen LogP contribution is 2.41. The summed E-state index contributed by atoms with van der Waals surface area (Å²) >= 11 is 3.49. The van der Waals surface area contributed by atoms with Crippen LogP contribution in [-0.4, -0.2) is 94.4 Å². The first-order valence-electron chi connectivity index (χ1n) is 9.92. The molecule has 190 valence electrons. The number of aromatic carboxylic acids is 1. The average molecular weight is 555 g/mol. The molecule has 0 spiro atoms. The molecule has 0 bridgehead atoms. The van der Waals surface area contributed by atoms with Gasteiger partial charge < -0.3 is 26.1 Å². The molecule has 5 N–H and O–H groups in total. The van der Waals surface area contributed by atoms with E-state index in [1.54, 1.807) is 0 Å². The molecular weight excluding hydrogens is 536 g/mol. The summed E-state index contributed by atoms with van der Waals surface area (Å²) in [5.41, 5.74) is 5.90. The summed E-state index contributed by atoms with van der Waals surface area (Å²) in [5.74, 6) is -3.86. The van der Waals surface area contributed by atoms with Crippen LogP contribution < -0.4 is 11.1 Å². The Morgan fingerprint density at radius 3 is 2.67 bits per heavy atom. The summed E-state index contributed by atoms with van der Waals surface area (Å²) in [6.45, 7) is 0. The standard InChI is InChI=1S/C18H18N8O7S3/c1-25-18(22-11(23-25)16(31)32)36-4-6-3-34-14-9(13(28)26(14)10(6)15(29)30)21-12(27)8(24-33-2)7-5-35-17(19)20-7/h5,9,14H,3-4H2,1-2H3,(H2,19,20)(H,21,27)(H,29,30)(H,31,32)/t9-,14-/m1/s1. The number of carboxylic acid groups (broad SMARTS) is 2. The van der Waals surface area contributed by atoms with Crippen molar-refractivity contribution in [1.82, 2.24) is 30.0 Å². The maximum absolute atomic E-state index is 12.9. The summed E-state index contributed by atoms with van der Waals surface area (Å²) in [4.78, 5) is 62.6. The second kappa shape index (κ2) is 10.2. The topological polar surface area (TPSA) is 215 Å². The Morgan fingerprint density at radius 2 is 2.08 bits per heavy atom. The minimum Gasteiger partial charge on any atom is -0.477 e. The van der Waals surface area contributed by atoms with Gasteiger partial charge in [-0.05, 0) is 5.57 Å². The van der Waals surface area contributed by atoms with Crippen molar-refractivity contribution >= 4 is 69.5 Å². The van der Waals surface area contributed by atoms with Gasteiger partial charge in [-0.2, -0.15) is 4.98 Å². The van der Waals surface area contributed by atoms with Crippen molar-refractivity contribution in [3.63, 3.8) is 0 Å². The Bertz CT molecular complexity index is 1320. The Balaban J connectivity index is 1.49. The second-order valence-electron chi connectivity index (χ2n) is 7.25. The molecule has 36 heavy (non-hydrogen) atoms. The maximum Gasteiger partial charge on any atom is 0.375 e. The average Bonchev–Trinajstić information content (AvgIpc) is 3.43. The molecule has 0 radical (unpaired) electrons. The molecular formula is C18H18N8O7S3. The number of hydrogen-bond acceptors (Lipinski definition) is 13. The number of carboxylic acids is 2. The van der Waals surface area contributed by atoms with Crippen LogP contribution in [0.4, 0.5) is 5.13 Å². The predicted molar refractivity (Wildman–Crippen MR) is 128 cm³/mol. The highest BCUT2D eigenvalue weighted by molar-refractivity contribution is 8.01. The number of fused-ring (bicyclic) bond motifs is 1. The number of nitrogen functional groups attached to an aromatic ring is 1. The Morgan fingerprint density at radius 1 is 1.33 bits per heavy atom. The lowest BCUT2D eigenvalue weighted by molar-refractivity contribution is -0.150. The lowest BCUT2D eigenvalue weighted by Gasteiger charge is -2.49. The summed E-state index contributed by atoms with van der Waals surface area (Å²) in [7, 11) is 2.77. The molecule has 0 saturated carbocycles. The number of anilines is 1. The van der Waals surface area contributed by atoms with Gasteiger partial charge in [-0.25, -0.2) is 19.3 Å². The quantitative estimate of drug-likeness (QED) is 0.132. The molecule has 2 aromatic heterocycles. The zero-order valence-corrected chi connectivity index (χ0v) is 21.0. The normalized spacial score (nSPS) is 19.6. The first kappa shape index (κ1) is 25.5. The number of amides is 2. The Labute approximate surface area is 214 Å². The van der Waals surface area contributed by atoms with Crippen molar-refractivity contribution in [3.05, 3.63) is 28.2 Å². The van der Waals surface area contributed by atoms with Crippen LogP contribution in [0.25, 0.3) is 0 Å². The summed E-state index contributed by atoms with van der Waals surface area (Å²) < 4.78 is 1.28. The third-order valence-electron chi connectivity index (χ3n) is 4.99. The molecule has 4 heterocycles. The molecule has 2 aliphatic heterocycles. The van der Waals surface area contributed by atoms with Gasteiger partial charge in [0.25, 0.3) is 17.6 Å². The molecule has 2 amide bonds. The van der Waals surface area contributed by atoms with E-state index in [9.17, 15) is 24.3 Å². The summed E-state index contributed by atoms with van der Waals surface area (Å²) in [5, 5.41) is 30.3. The fourth-order valence-corrected chi connectivity index (χ4v) is 6.38. The van der Waals surface area contributed by atoms with Gasteiger partial charge in [0.05, 0.1) is 0 Å². The van der Waals surface area contributed by atoms with E-state index in [-0.39, 0.29) is 44.7 Å². The van der Waals surface area contributed by atoms with Gasteiger partial charge in [0.1, 0.15) is 29.9 Å². The van der Waals surface area contributed by atoms with Crippen LogP contribution in [0.5, 0.6) is 0 Å². The molecule has 1 fully saturated rings. The molecule has 18 heteroatoms. The van der Waals surface area contributed by atoms with Crippen LogP contribution in [0.2, 0.25) is 0 Å². The first-order chi connectivity index (χ1) is 17.1. The van der Waals surface area contributed by atoms with Crippen molar-refractivity contribution in [3.8, 4) is 0 Å². The summed E-state index contributed by atoms with van der Waals surface area (Å²) in [6, 6.07) is -0.985. The molecule has 2 aliphatic rings. The van der Waals surface area contributed by atoms with Crippen molar-refractivity contribution in [2.45, 2.75) is 16.6 Å². The molecule has 0 unspecified atom stereocenters. The molecule has 0 aliphatic carbocycles. The van der Waals surface area contributed by atoms with E-state index in [0.717, 1.165) is 28.0 Å². The number of nitrogens with one attached hydrogen (secondary N) is 1. The van der Waals surface area contributed by atoms with Crippen molar-refractivity contribution in [1.29, 1.82) is 0 Å². The van der Waals surface area contributed by atoms with Gasteiger partial charge >= 0.3 is 11.9 Å². The van der Waals surface area contributed by atoms with Crippen molar-refractivity contribution in [2.24, 2.45) is 12.2 Å². The summed E-state index contributed by atoms with van der Waals surface area (Å²) in [6.07, 6.45) is 0. The number of aromatic nitrogens is 4. The third kappa shape index (κ3) is 4.73. The van der Waals surface area contributed by atoms with Crippen LogP contribution >= 0.6 is 34.9 Å². The van der Waals surface area contributed by atoms with E-state index in [2.05, 4.69) is 25.5 Å². The minimum absolute atomic E-state index is 0.143. The van der Waals surface area contributed by atoms with E-state index in [1.165, 1.54) is 36.0 Å².